The van der Waals surface area contributed by atoms with Crippen molar-refractivity contribution in [3.63, 3.8) is 0 Å². The molecule has 0 amide bonds. The second-order valence-electron chi connectivity index (χ2n) is 6.86. The van der Waals surface area contributed by atoms with Gasteiger partial charge in [-0.3, -0.25) is 29.1 Å². The fourth-order valence-corrected chi connectivity index (χ4v) is 2.85. The topological polar surface area (TPSA) is 91.9 Å². The Bertz CT molecular complexity index is 470. The molecule has 10 heteroatoms. The molecule has 0 aliphatic carbocycles. The van der Waals surface area contributed by atoms with Crippen molar-refractivity contribution in [2.24, 2.45) is 0 Å². The highest BCUT2D eigenvalue weighted by Crippen LogP contribution is 2.01. The quantitative estimate of drug-likeness (QED) is 0.380. The van der Waals surface area contributed by atoms with Gasteiger partial charge in [-0.1, -0.05) is 0 Å². The first-order chi connectivity index (χ1) is 13.4. The first kappa shape index (κ1) is 24.3. The third kappa shape index (κ3) is 9.98. The molecule has 1 heterocycles. The molecule has 0 bridgehead atoms. The van der Waals surface area contributed by atoms with Gasteiger partial charge in [0.25, 0.3) is 0 Å². The van der Waals surface area contributed by atoms with Crippen LogP contribution in [-0.2, 0) is 28.6 Å². The fourth-order valence-electron chi connectivity index (χ4n) is 2.85. The van der Waals surface area contributed by atoms with Gasteiger partial charge < -0.3 is 19.1 Å². The molecule has 10 nitrogen and oxygen atoms in total. The van der Waals surface area contributed by atoms with Gasteiger partial charge in [-0.25, -0.2) is 0 Å². The lowest BCUT2D eigenvalue weighted by Gasteiger charge is -2.32. The van der Waals surface area contributed by atoms with Crippen LogP contribution in [0.4, 0.5) is 0 Å². The van der Waals surface area contributed by atoms with E-state index in [1.165, 1.54) is 21.3 Å². The predicted octanol–water partition coefficient (Wildman–Crippen LogP) is -1.64. The molecule has 0 radical (unpaired) electrons. The molecule has 0 atom stereocenters. The summed E-state index contributed by atoms with van der Waals surface area (Å²) in [6, 6.07) is 0. The van der Waals surface area contributed by atoms with Crippen LogP contribution in [0.3, 0.4) is 0 Å². The second-order valence-corrected chi connectivity index (χ2v) is 6.86. The Morgan fingerprint density at radius 1 is 0.571 bits per heavy atom. The SMILES string of the molecule is COC(=O)CN1CCN(C)CCN(CC(=O)OC)CCN(CC(=O)OC)CC1. The van der Waals surface area contributed by atoms with Gasteiger partial charge >= 0.3 is 17.9 Å². The summed E-state index contributed by atoms with van der Waals surface area (Å²) in [5, 5.41) is 0. The average Bonchev–Trinajstić information content (AvgIpc) is 2.69. The van der Waals surface area contributed by atoms with E-state index >= 15 is 0 Å². The molecule has 0 aromatic rings. The molecule has 1 rings (SSSR count). The van der Waals surface area contributed by atoms with Crippen LogP contribution in [0.15, 0.2) is 0 Å². The number of rotatable bonds is 6. The van der Waals surface area contributed by atoms with E-state index in [1.807, 2.05) is 21.7 Å². The summed E-state index contributed by atoms with van der Waals surface area (Å²) in [6.45, 7) is 5.99. The Hall–Kier alpha value is -1.75. The minimum absolute atomic E-state index is 0.161. The first-order valence-corrected chi connectivity index (χ1v) is 9.44. The Labute approximate surface area is 167 Å². The van der Waals surface area contributed by atoms with E-state index in [9.17, 15) is 14.4 Å². The largest absolute Gasteiger partial charge is 0.468 e. The molecule has 0 aromatic carbocycles. The molecule has 0 spiro atoms. The number of likely N-dealkylation sites (N-methyl/N-ethyl adjacent to an activating group) is 1. The highest BCUT2D eigenvalue weighted by Gasteiger charge is 2.19. The van der Waals surface area contributed by atoms with E-state index in [2.05, 4.69) is 4.90 Å². The third-order valence-electron chi connectivity index (χ3n) is 4.80. The number of nitrogens with zero attached hydrogens (tertiary/aromatic N) is 4. The molecular weight excluding hydrogens is 368 g/mol. The zero-order valence-corrected chi connectivity index (χ0v) is 17.5. The number of ether oxygens (including phenoxy) is 3. The maximum absolute atomic E-state index is 11.8. The summed E-state index contributed by atoms with van der Waals surface area (Å²) in [7, 11) is 6.14. The van der Waals surface area contributed by atoms with Crippen LogP contribution < -0.4 is 0 Å². The summed E-state index contributed by atoms with van der Waals surface area (Å²) in [6.07, 6.45) is 0. The van der Waals surface area contributed by atoms with Gasteiger partial charge in [-0.2, -0.15) is 0 Å². The zero-order chi connectivity index (χ0) is 20.9. The minimum Gasteiger partial charge on any atom is -0.468 e. The number of methoxy groups -OCH3 is 3. The van der Waals surface area contributed by atoms with Gasteiger partial charge in [-0.05, 0) is 7.05 Å². The number of carbonyl (C=O) groups excluding carboxylic acids is 3. The normalized spacial score (nSPS) is 19.3. The van der Waals surface area contributed by atoms with Crippen LogP contribution in [0, 0.1) is 0 Å². The molecule has 0 N–H and O–H groups in total. The maximum Gasteiger partial charge on any atom is 0.319 e. The van der Waals surface area contributed by atoms with Crippen LogP contribution in [0.1, 0.15) is 0 Å². The van der Waals surface area contributed by atoms with Crippen LogP contribution in [0.2, 0.25) is 0 Å². The summed E-state index contributed by atoms with van der Waals surface area (Å²) in [5.74, 6) is -0.872. The standard InChI is InChI=1S/C18H34N4O6/c1-19-5-7-20(13-16(23)26-2)9-11-22(15-18(25)28-4)12-10-21(8-6-19)14-17(24)27-3/h5-15H2,1-4H3. The molecule has 162 valence electrons. The van der Waals surface area contributed by atoms with Gasteiger partial charge in [0, 0.05) is 52.4 Å². The molecule has 28 heavy (non-hydrogen) atoms. The highest BCUT2D eigenvalue weighted by molar-refractivity contribution is 5.72. The highest BCUT2D eigenvalue weighted by atomic mass is 16.5. The molecule has 1 aliphatic heterocycles. The summed E-state index contributed by atoms with van der Waals surface area (Å²) in [5.41, 5.74) is 0. The molecule has 1 saturated heterocycles. The van der Waals surface area contributed by atoms with Gasteiger partial charge in [0.1, 0.15) is 0 Å². The van der Waals surface area contributed by atoms with Gasteiger partial charge in [0.2, 0.25) is 0 Å². The Morgan fingerprint density at radius 3 is 1.07 bits per heavy atom. The molecule has 0 unspecified atom stereocenters. The minimum atomic E-state index is -0.314. The van der Waals surface area contributed by atoms with E-state index in [0.717, 1.165) is 13.1 Å². The Balaban J connectivity index is 2.82. The van der Waals surface area contributed by atoms with E-state index in [0.29, 0.717) is 39.3 Å². The number of hydrogen-bond acceptors (Lipinski definition) is 10. The average molecular weight is 402 g/mol. The van der Waals surface area contributed by atoms with Crippen LogP contribution in [0.25, 0.3) is 0 Å². The van der Waals surface area contributed by atoms with Crippen LogP contribution in [0.5, 0.6) is 0 Å². The Kier molecular flexibility index (Phi) is 11.7. The van der Waals surface area contributed by atoms with Crippen molar-refractivity contribution in [1.29, 1.82) is 0 Å². The van der Waals surface area contributed by atoms with Crippen molar-refractivity contribution in [2.45, 2.75) is 0 Å². The third-order valence-corrected chi connectivity index (χ3v) is 4.80. The van der Waals surface area contributed by atoms with Crippen LogP contribution in [-0.4, -0.2) is 138 Å². The van der Waals surface area contributed by atoms with Crippen molar-refractivity contribution in [3.8, 4) is 0 Å². The Morgan fingerprint density at radius 2 is 0.821 bits per heavy atom. The lowest BCUT2D eigenvalue weighted by Crippen LogP contribution is -2.48. The van der Waals surface area contributed by atoms with Crippen molar-refractivity contribution in [2.75, 3.05) is 100 Å². The lowest BCUT2D eigenvalue weighted by atomic mass is 10.3. The molecule has 0 saturated carbocycles. The van der Waals surface area contributed by atoms with Crippen molar-refractivity contribution >= 4 is 17.9 Å². The fraction of sp³-hybridized carbons (Fsp3) is 0.833. The van der Waals surface area contributed by atoms with Crippen molar-refractivity contribution < 1.29 is 28.6 Å². The van der Waals surface area contributed by atoms with Gasteiger partial charge in [0.15, 0.2) is 0 Å². The van der Waals surface area contributed by atoms with Crippen LogP contribution >= 0.6 is 0 Å². The number of esters is 3. The van der Waals surface area contributed by atoms with Crippen molar-refractivity contribution in [3.05, 3.63) is 0 Å². The van der Waals surface area contributed by atoms with Crippen molar-refractivity contribution in [1.82, 2.24) is 19.6 Å². The predicted molar refractivity (Wildman–Crippen MR) is 103 cm³/mol. The van der Waals surface area contributed by atoms with E-state index < -0.39 is 0 Å². The molecular formula is C18H34N4O6. The van der Waals surface area contributed by atoms with E-state index in [1.54, 1.807) is 0 Å². The first-order valence-electron chi connectivity index (χ1n) is 9.44. The summed E-state index contributed by atoms with van der Waals surface area (Å²) >= 11 is 0. The van der Waals surface area contributed by atoms with E-state index in [4.69, 9.17) is 14.2 Å². The van der Waals surface area contributed by atoms with Gasteiger partial charge in [0.05, 0.1) is 41.0 Å². The smallest absolute Gasteiger partial charge is 0.319 e. The monoisotopic (exact) mass is 402 g/mol. The summed E-state index contributed by atoms with van der Waals surface area (Å²) in [4.78, 5) is 43.4. The van der Waals surface area contributed by atoms with Gasteiger partial charge in [-0.15, -0.1) is 0 Å². The molecule has 0 aromatic heterocycles. The molecule has 1 fully saturated rings. The summed E-state index contributed by atoms with van der Waals surface area (Å²) < 4.78 is 14.4. The second kappa shape index (κ2) is 13.4. The number of hydrogen-bond donors (Lipinski definition) is 0. The zero-order valence-electron chi connectivity index (χ0n) is 17.5. The van der Waals surface area contributed by atoms with E-state index in [-0.39, 0.29) is 37.5 Å². The number of carbonyl (C=O) groups is 3. The maximum atomic E-state index is 11.8. The lowest BCUT2D eigenvalue weighted by molar-refractivity contribution is -0.144. The molecule has 1 aliphatic rings.